The van der Waals surface area contributed by atoms with Crippen molar-refractivity contribution in [2.24, 2.45) is 0 Å². The highest BCUT2D eigenvalue weighted by Crippen LogP contribution is 2.36. The molecule has 1 aromatic heterocycles. The average molecular weight is 343 g/mol. The van der Waals surface area contributed by atoms with Crippen molar-refractivity contribution in [3.63, 3.8) is 0 Å². The van der Waals surface area contributed by atoms with Crippen molar-refractivity contribution in [2.45, 2.75) is 19.4 Å². The van der Waals surface area contributed by atoms with Gasteiger partial charge < -0.3 is 19.9 Å². The normalized spacial score (nSPS) is 15.3. The molecule has 2 N–H and O–H groups in total. The van der Waals surface area contributed by atoms with Crippen LogP contribution in [0.5, 0.6) is 17.2 Å². The number of carbonyl (C=O) groups excluding carboxylic acids is 1. The zero-order chi connectivity index (χ0) is 18.0. The summed E-state index contributed by atoms with van der Waals surface area (Å²) in [4.78, 5) is 18.5. The molecule has 25 heavy (non-hydrogen) atoms. The summed E-state index contributed by atoms with van der Waals surface area (Å²) < 4.78 is 16.6. The maximum absolute atomic E-state index is 12.7. The van der Waals surface area contributed by atoms with E-state index in [1.165, 1.54) is 0 Å². The third kappa shape index (κ3) is 3.45. The second kappa shape index (κ2) is 6.51. The minimum Gasteiger partial charge on any atom is -0.497 e. The third-order valence-corrected chi connectivity index (χ3v) is 3.88. The fraction of sp³-hybridized carbons (Fsp3) is 0.333. The Balaban J connectivity index is 1.74. The van der Waals surface area contributed by atoms with Gasteiger partial charge in [0.1, 0.15) is 23.9 Å². The van der Waals surface area contributed by atoms with Gasteiger partial charge in [-0.15, -0.1) is 0 Å². The number of hydrogen-bond donors (Lipinski definition) is 1. The van der Waals surface area contributed by atoms with Crippen LogP contribution in [0.1, 0.15) is 13.8 Å². The molecule has 7 nitrogen and oxygen atoms in total. The van der Waals surface area contributed by atoms with Gasteiger partial charge in [0.15, 0.2) is 17.2 Å². The molecular formula is C18H21N3O4. The fourth-order valence-electron chi connectivity index (χ4n) is 2.60. The smallest absolute Gasteiger partial charge is 0.271 e. The molecule has 3 rings (SSSR count). The van der Waals surface area contributed by atoms with Crippen LogP contribution in [0.3, 0.4) is 0 Å². The largest absolute Gasteiger partial charge is 0.497 e. The summed E-state index contributed by atoms with van der Waals surface area (Å²) in [5.41, 5.74) is 4.79. The predicted octanol–water partition coefficient (Wildman–Crippen LogP) is 2.26. The molecule has 1 amide bonds. The highest BCUT2D eigenvalue weighted by molar-refractivity contribution is 6.01. The molecule has 0 spiro atoms. The fourth-order valence-corrected chi connectivity index (χ4v) is 2.60. The van der Waals surface area contributed by atoms with E-state index < -0.39 is 5.60 Å². The molecule has 132 valence electrons. The predicted molar refractivity (Wildman–Crippen MR) is 94.2 cm³/mol. The Labute approximate surface area is 146 Å². The molecule has 0 fully saturated rings. The quantitative estimate of drug-likeness (QED) is 0.896. The molecule has 1 aliphatic heterocycles. The number of nitrogens with zero attached hydrogens (tertiary/aromatic N) is 2. The van der Waals surface area contributed by atoms with E-state index in [0.717, 1.165) is 5.75 Å². The minimum atomic E-state index is -0.967. The van der Waals surface area contributed by atoms with Crippen molar-refractivity contribution in [1.82, 2.24) is 4.98 Å². The van der Waals surface area contributed by atoms with Crippen molar-refractivity contribution < 1.29 is 19.0 Å². The molecule has 0 unspecified atom stereocenters. The van der Waals surface area contributed by atoms with Gasteiger partial charge >= 0.3 is 0 Å². The monoisotopic (exact) mass is 343 g/mol. The zero-order valence-electron chi connectivity index (χ0n) is 14.5. The van der Waals surface area contributed by atoms with Crippen molar-refractivity contribution in [3.8, 4) is 17.2 Å². The van der Waals surface area contributed by atoms with Crippen LogP contribution < -0.4 is 24.8 Å². The maximum Gasteiger partial charge on any atom is 0.271 e. The molecule has 1 aliphatic rings. The standard InChI is InChI=1S/C18H21N3O4/c1-18(2)17(22)21(16-14(25-18)8-9-15(19)20-16)10-11-24-13-6-4-12(23-3)5-7-13/h4-9H,10-11H2,1-3H3,(H2,19,20). The lowest BCUT2D eigenvalue weighted by Crippen LogP contribution is -2.53. The number of hydrogen-bond acceptors (Lipinski definition) is 6. The number of carbonyl (C=O) groups is 1. The summed E-state index contributed by atoms with van der Waals surface area (Å²) in [6.07, 6.45) is 0. The van der Waals surface area contributed by atoms with E-state index in [0.29, 0.717) is 36.3 Å². The van der Waals surface area contributed by atoms with Crippen LogP contribution in [0, 0.1) is 0 Å². The van der Waals surface area contributed by atoms with E-state index in [9.17, 15) is 4.79 Å². The molecule has 0 saturated heterocycles. The van der Waals surface area contributed by atoms with Crippen LogP contribution in [-0.4, -0.2) is 36.8 Å². The number of nitrogen functional groups attached to an aromatic ring is 1. The Kier molecular flexibility index (Phi) is 4.39. The number of aromatic nitrogens is 1. The van der Waals surface area contributed by atoms with E-state index >= 15 is 0 Å². The van der Waals surface area contributed by atoms with Gasteiger partial charge in [-0.1, -0.05) is 0 Å². The number of amides is 1. The van der Waals surface area contributed by atoms with Crippen LogP contribution >= 0.6 is 0 Å². The molecular weight excluding hydrogens is 322 g/mol. The second-order valence-electron chi connectivity index (χ2n) is 6.15. The second-order valence-corrected chi connectivity index (χ2v) is 6.15. The molecule has 0 atom stereocenters. The van der Waals surface area contributed by atoms with Gasteiger partial charge in [0, 0.05) is 0 Å². The van der Waals surface area contributed by atoms with E-state index in [4.69, 9.17) is 19.9 Å². The number of benzene rings is 1. The van der Waals surface area contributed by atoms with E-state index in [-0.39, 0.29) is 5.91 Å². The lowest BCUT2D eigenvalue weighted by molar-refractivity contribution is -0.132. The maximum atomic E-state index is 12.7. The number of rotatable bonds is 5. The number of anilines is 2. The highest BCUT2D eigenvalue weighted by atomic mass is 16.5. The zero-order valence-corrected chi connectivity index (χ0v) is 14.5. The van der Waals surface area contributed by atoms with Crippen molar-refractivity contribution in [2.75, 3.05) is 30.9 Å². The molecule has 7 heteroatoms. The SMILES string of the molecule is COc1ccc(OCCN2C(=O)C(C)(C)Oc3ccc(N)nc32)cc1. The van der Waals surface area contributed by atoms with Crippen molar-refractivity contribution >= 4 is 17.5 Å². The van der Waals surface area contributed by atoms with Gasteiger partial charge in [-0.25, -0.2) is 4.98 Å². The van der Waals surface area contributed by atoms with Crippen LogP contribution in [-0.2, 0) is 4.79 Å². The van der Waals surface area contributed by atoms with Gasteiger partial charge in [0.05, 0.1) is 13.7 Å². The first kappa shape index (κ1) is 16.9. The first-order valence-electron chi connectivity index (χ1n) is 7.95. The number of pyridine rings is 1. The lowest BCUT2D eigenvalue weighted by atomic mass is 10.1. The van der Waals surface area contributed by atoms with E-state index in [1.54, 1.807) is 38.0 Å². The summed E-state index contributed by atoms with van der Waals surface area (Å²) in [5.74, 6) is 2.55. The summed E-state index contributed by atoms with van der Waals surface area (Å²) in [7, 11) is 1.61. The van der Waals surface area contributed by atoms with Crippen LogP contribution in [0.15, 0.2) is 36.4 Å². The minimum absolute atomic E-state index is 0.184. The molecule has 0 bridgehead atoms. The molecule has 1 aromatic carbocycles. The van der Waals surface area contributed by atoms with E-state index in [2.05, 4.69) is 4.98 Å². The van der Waals surface area contributed by atoms with Crippen molar-refractivity contribution in [1.29, 1.82) is 0 Å². The number of nitrogens with two attached hydrogens (primary N) is 1. The topological polar surface area (TPSA) is 86.9 Å². The summed E-state index contributed by atoms with van der Waals surface area (Å²) in [6, 6.07) is 10.6. The van der Waals surface area contributed by atoms with Gasteiger partial charge in [-0.2, -0.15) is 0 Å². The highest BCUT2D eigenvalue weighted by Gasteiger charge is 2.41. The van der Waals surface area contributed by atoms with Gasteiger partial charge in [0.2, 0.25) is 0 Å². The number of methoxy groups -OCH3 is 1. The van der Waals surface area contributed by atoms with Crippen LogP contribution in [0.2, 0.25) is 0 Å². The van der Waals surface area contributed by atoms with Crippen LogP contribution in [0.4, 0.5) is 11.6 Å². The van der Waals surface area contributed by atoms with Crippen LogP contribution in [0.25, 0.3) is 0 Å². The van der Waals surface area contributed by atoms with Gasteiger partial charge in [0.25, 0.3) is 5.91 Å². The summed E-state index contributed by atoms with van der Waals surface area (Å²) >= 11 is 0. The number of fused-ring (bicyclic) bond motifs is 1. The Morgan fingerprint density at radius 2 is 1.84 bits per heavy atom. The Morgan fingerprint density at radius 1 is 1.16 bits per heavy atom. The Bertz CT molecular complexity index is 774. The molecule has 0 radical (unpaired) electrons. The third-order valence-electron chi connectivity index (χ3n) is 3.88. The van der Waals surface area contributed by atoms with Crippen molar-refractivity contribution in [3.05, 3.63) is 36.4 Å². The molecule has 0 aliphatic carbocycles. The first-order chi connectivity index (χ1) is 11.9. The number of ether oxygens (including phenoxy) is 3. The summed E-state index contributed by atoms with van der Waals surface area (Å²) in [6.45, 7) is 4.10. The molecule has 0 saturated carbocycles. The summed E-state index contributed by atoms with van der Waals surface area (Å²) in [5, 5.41) is 0. The van der Waals surface area contributed by atoms with E-state index in [1.807, 2.05) is 24.3 Å². The van der Waals surface area contributed by atoms with Gasteiger partial charge in [-0.05, 0) is 50.2 Å². The Hall–Kier alpha value is -2.96. The molecule has 2 aromatic rings. The van der Waals surface area contributed by atoms with Gasteiger partial charge in [-0.3, -0.25) is 9.69 Å². The Morgan fingerprint density at radius 3 is 2.52 bits per heavy atom. The average Bonchev–Trinajstić information content (AvgIpc) is 2.59. The molecule has 2 heterocycles. The first-order valence-corrected chi connectivity index (χ1v) is 7.95. The lowest BCUT2D eigenvalue weighted by Gasteiger charge is -2.37.